The molecule has 0 heterocycles. The third kappa shape index (κ3) is 5.16. The minimum atomic E-state index is -0.763. The fourth-order valence-electron chi connectivity index (χ4n) is 1.44. The Bertz CT molecular complexity index is 384. The maximum atomic E-state index is 11.5. The zero-order chi connectivity index (χ0) is 12.7. The summed E-state index contributed by atoms with van der Waals surface area (Å²) in [5, 5.41) is 5.48. The van der Waals surface area contributed by atoms with Gasteiger partial charge in [-0.3, -0.25) is 9.59 Å². The first-order valence-corrected chi connectivity index (χ1v) is 5.43. The molecule has 0 aliphatic carbocycles. The van der Waals surface area contributed by atoms with E-state index >= 15 is 0 Å². The van der Waals surface area contributed by atoms with Crippen LogP contribution in [0.2, 0.25) is 0 Å². The van der Waals surface area contributed by atoms with Gasteiger partial charge in [0.05, 0.1) is 0 Å². The van der Waals surface area contributed by atoms with Crippen LogP contribution >= 0.6 is 12.4 Å². The van der Waals surface area contributed by atoms with Gasteiger partial charge in [0.25, 0.3) is 0 Å². The second-order valence-electron chi connectivity index (χ2n) is 3.67. The van der Waals surface area contributed by atoms with Gasteiger partial charge in [-0.1, -0.05) is 30.3 Å². The zero-order valence-electron chi connectivity index (χ0n) is 10.2. The van der Waals surface area contributed by atoms with E-state index in [0.717, 1.165) is 0 Å². The van der Waals surface area contributed by atoms with E-state index in [1.807, 2.05) is 6.07 Å². The molecule has 0 radical (unpaired) electrons. The number of nitrogens with one attached hydrogen (secondary N) is 2. The first kappa shape index (κ1) is 16.4. The Balaban J connectivity index is 0.00000289. The van der Waals surface area contributed by atoms with Gasteiger partial charge >= 0.3 is 0 Å². The Morgan fingerprint density at radius 2 is 1.89 bits per heavy atom. The quantitative estimate of drug-likeness (QED) is 0.698. The predicted octanol–water partition coefficient (Wildman–Crippen LogP) is 0.361. The smallest absolute Gasteiger partial charge is 0.244 e. The molecule has 2 amide bonds. The Morgan fingerprint density at radius 3 is 2.39 bits per heavy atom. The van der Waals surface area contributed by atoms with Gasteiger partial charge in [-0.25, -0.2) is 0 Å². The fraction of sp³-hybridized carbons (Fsp3) is 0.333. The third-order valence-electron chi connectivity index (χ3n) is 2.32. The van der Waals surface area contributed by atoms with E-state index in [1.54, 1.807) is 31.3 Å². The van der Waals surface area contributed by atoms with Crippen LogP contribution in [0.5, 0.6) is 0 Å². The normalized spacial score (nSPS) is 11.2. The Morgan fingerprint density at radius 1 is 1.28 bits per heavy atom. The molecule has 1 aromatic carbocycles. The predicted molar refractivity (Wildman–Crippen MR) is 72.3 cm³/mol. The number of hydrogen-bond acceptors (Lipinski definition) is 3. The highest BCUT2D eigenvalue weighted by Gasteiger charge is 2.19. The van der Waals surface area contributed by atoms with Crippen molar-refractivity contribution in [1.82, 2.24) is 10.6 Å². The molecule has 1 rings (SSSR count). The third-order valence-corrected chi connectivity index (χ3v) is 2.32. The summed E-state index contributed by atoms with van der Waals surface area (Å²) in [6.45, 7) is 0.562. The second-order valence-corrected chi connectivity index (χ2v) is 3.67. The molecule has 0 saturated carbocycles. The lowest BCUT2D eigenvalue weighted by atomic mass is 10.1. The average Bonchev–Trinajstić information content (AvgIpc) is 2.34. The van der Waals surface area contributed by atoms with Crippen molar-refractivity contribution in [3.05, 3.63) is 35.9 Å². The molecule has 4 N–H and O–H groups in total. The van der Waals surface area contributed by atoms with Gasteiger partial charge in [0.1, 0.15) is 6.04 Å². The molecule has 5 nitrogen and oxygen atoms in total. The number of primary amides is 1. The number of benzene rings is 1. The molecule has 6 heteroatoms. The number of carbonyl (C=O) groups is 2. The molecule has 0 aliphatic rings. The van der Waals surface area contributed by atoms with Crippen LogP contribution in [0.1, 0.15) is 18.0 Å². The van der Waals surface area contributed by atoms with E-state index in [1.165, 1.54) is 0 Å². The van der Waals surface area contributed by atoms with Crippen molar-refractivity contribution in [3.63, 3.8) is 0 Å². The number of carbonyl (C=O) groups excluding carboxylic acids is 2. The van der Waals surface area contributed by atoms with Crippen LogP contribution in [0.25, 0.3) is 0 Å². The number of amides is 2. The lowest BCUT2D eigenvalue weighted by Crippen LogP contribution is -2.38. The van der Waals surface area contributed by atoms with Crippen molar-refractivity contribution in [2.45, 2.75) is 12.5 Å². The lowest BCUT2D eigenvalue weighted by Gasteiger charge is -2.15. The van der Waals surface area contributed by atoms with Gasteiger partial charge in [-0.2, -0.15) is 0 Å². The molecule has 0 aliphatic heterocycles. The summed E-state index contributed by atoms with van der Waals surface area (Å²) in [6.07, 6.45) is 0.313. The van der Waals surface area contributed by atoms with Crippen LogP contribution < -0.4 is 16.4 Å². The van der Waals surface area contributed by atoms with Crippen LogP contribution in [0.3, 0.4) is 0 Å². The first-order valence-electron chi connectivity index (χ1n) is 5.43. The van der Waals surface area contributed by atoms with Crippen molar-refractivity contribution in [1.29, 1.82) is 0 Å². The van der Waals surface area contributed by atoms with Crippen LogP contribution in [-0.4, -0.2) is 25.4 Å². The molecule has 0 fully saturated rings. The van der Waals surface area contributed by atoms with Gasteiger partial charge in [0.2, 0.25) is 11.8 Å². The summed E-state index contributed by atoms with van der Waals surface area (Å²) in [4.78, 5) is 22.8. The SMILES string of the molecule is CNCCC(=O)NC(C(N)=O)c1ccccc1.Cl. The highest BCUT2D eigenvalue weighted by Crippen LogP contribution is 2.11. The Hall–Kier alpha value is -1.59. The number of rotatable bonds is 6. The van der Waals surface area contributed by atoms with Crippen LogP contribution in [0.4, 0.5) is 0 Å². The lowest BCUT2D eigenvalue weighted by molar-refractivity contribution is -0.127. The van der Waals surface area contributed by atoms with Gasteiger partial charge in [-0.05, 0) is 12.6 Å². The molecular weight excluding hydrogens is 254 g/mol. The summed E-state index contributed by atoms with van der Waals surface area (Å²) in [5.74, 6) is -0.763. The van der Waals surface area contributed by atoms with E-state index in [-0.39, 0.29) is 18.3 Å². The number of nitrogens with two attached hydrogens (primary N) is 1. The number of hydrogen-bond donors (Lipinski definition) is 3. The molecule has 1 unspecified atom stereocenters. The Kier molecular flexibility index (Phi) is 7.74. The highest BCUT2D eigenvalue weighted by atomic mass is 35.5. The van der Waals surface area contributed by atoms with Crippen molar-refractivity contribution >= 4 is 24.2 Å². The van der Waals surface area contributed by atoms with Gasteiger partial charge in [-0.15, -0.1) is 12.4 Å². The summed E-state index contributed by atoms with van der Waals surface area (Å²) >= 11 is 0. The summed E-state index contributed by atoms with van der Waals surface area (Å²) < 4.78 is 0. The summed E-state index contributed by atoms with van der Waals surface area (Å²) in [5.41, 5.74) is 5.97. The van der Waals surface area contributed by atoms with Gasteiger partial charge in [0.15, 0.2) is 0 Å². The Labute approximate surface area is 113 Å². The molecule has 18 heavy (non-hydrogen) atoms. The maximum Gasteiger partial charge on any atom is 0.244 e. The summed E-state index contributed by atoms with van der Waals surface area (Å²) in [7, 11) is 1.76. The van der Waals surface area contributed by atoms with Crippen LogP contribution in [0, 0.1) is 0 Å². The number of halogens is 1. The van der Waals surface area contributed by atoms with Crippen LogP contribution in [0.15, 0.2) is 30.3 Å². The van der Waals surface area contributed by atoms with E-state index in [9.17, 15) is 9.59 Å². The highest BCUT2D eigenvalue weighted by molar-refractivity contribution is 5.87. The minimum Gasteiger partial charge on any atom is -0.368 e. The van der Waals surface area contributed by atoms with Crippen molar-refractivity contribution in [2.24, 2.45) is 5.73 Å². The topological polar surface area (TPSA) is 84.2 Å². The van der Waals surface area contributed by atoms with E-state index in [0.29, 0.717) is 18.5 Å². The van der Waals surface area contributed by atoms with E-state index in [4.69, 9.17) is 5.73 Å². The molecule has 1 atom stereocenters. The zero-order valence-corrected chi connectivity index (χ0v) is 11.0. The summed E-state index contributed by atoms with van der Waals surface area (Å²) in [6, 6.07) is 8.18. The monoisotopic (exact) mass is 271 g/mol. The molecule has 1 aromatic rings. The molecule has 0 spiro atoms. The largest absolute Gasteiger partial charge is 0.368 e. The minimum absolute atomic E-state index is 0. The first-order chi connectivity index (χ1) is 8.15. The van der Waals surface area contributed by atoms with E-state index < -0.39 is 11.9 Å². The fourth-order valence-corrected chi connectivity index (χ4v) is 1.44. The van der Waals surface area contributed by atoms with Crippen molar-refractivity contribution in [3.8, 4) is 0 Å². The molecule has 0 bridgehead atoms. The molecule has 0 saturated heterocycles. The second kappa shape index (κ2) is 8.49. The maximum absolute atomic E-state index is 11.5. The molecule has 0 aromatic heterocycles. The van der Waals surface area contributed by atoms with Gasteiger partial charge < -0.3 is 16.4 Å². The molecule has 100 valence electrons. The van der Waals surface area contributed by atoms with Crippen molar-refractivity contribution in [2.75, 3.05) is 13.6 Å². The van der Waals surface area contributed by atoms with Gasteiger partial charge in [0, 0.05) is 13.0 Å². The average molecular weight is 272 g/mol. The standard InChI is InChI=1S/C12H17N3O2.ClH/c1-14-8-7-10(16)15-11(12(13)17)9-5-3-2-4-6-9;/h2-6,11,14H,7-8H2,1H3,(H2,13,17)(H,15,16);1H. The van der Waals surface area contributed by atoms with E-state index in [2.05, 4.69) is 10.6 Å². The van der Waals surface area contributed by atoms with Crippen molar-refractivity contribution < 1.29 is 9.59 Å². The van der Waals surface area contributed by atoms with Crippen LogP contribution in [-0.2, 0) is 9.59 Å². The molecular formula is C12H18ClN3O2.